The van der Waals surface area contributed by atoms with Gasteiger partial charge in [0.05, 0.1) is 23.3 Å². The number of rotatable bonds is 4. The first-order valence-electron chi connectivity index (χ1n) is 9.38. The summed E-state index contributed by atoms with van der Waals surface area (Å²) in [6.45, 7) is 6.51. The van der Waals surface area contributed by atoms with Crippen LogP contribution in [0.1, 0.15) is 32.7 Å². The van der Waals surface area contributed by atoms with E-state index >= 15 is 0 Å². The van der Waals surface area contributed by atoms with E-state index in [-0.39, 0.29) is 23.5 Å². The number of anilines is 1. The molecule has 0 spiro atoms. The van der Waals surface area contributed by atoms with Crippen LogP contribution in [0.2, 0.25) is 0 Å². The highest BCUT2D eigenvalue weighted by Gasteiger charge is 2.31. The predicted molar refractivity (Wildman–Crippen MR) is 110 cm³/mol. The smallest absolute Gasteiger partial charge is 0.337 e. The third-order valence-corrected chi connectivity index (χ3v) is 7.35. The molecule has 0 N–H and O–H groups in total. The van der Waals surface area contributed by atoms with Crippen molar-refractivity contribution < 1.29 is 17.9 Å². The third kappa shape index (κ3) is 3.86. The van der Waals surface area contributed by atoms with E-state index in [1.54, 1.807) is 26.0 Å². The summed E-state index contributed by atoms with van der Waals surface area (Å²) in [6, 6.07) is 6.67. The van der Waals surface area contributed by atoms with Gasteiger partial charge in [0.1, 0.15) is 11.6 Å². The molecule has 1 aromatic heterocycles. The number of piperazine rings is 1. The number of aromatic nitrogens is 2. The molecule has 0 saturated carbocycles. The molecular formula is C20H23N5O4S. The minimum Gasteiger partial charge on any atom is -0.465 e. The van der Waals surface area contributed by atoms with Crippen LogP contribution in [0.4, 0.5) is 5.82 Å². The largest absolute Gasteiger partial charge is 0.465 e. The molecule has 2 aromatic rings. The molecule has 1 aliphatic heterocycles. The predicted octanol–water partition coefficient (Wildman–Crippen LogP) is 1.57. The van der Waals surface area contributed by atoms with E-state index in [9.17, 15) is 18.5 Å². The van der Waals surface area contributed by atoms with Crippen molar-refractivity contribution in [1.29, 1.82) is 5.26 Å². The highest BCUT2D eigenvalue weighted by atomic mass is 32.2. The van der Waals surface area contributed by atoms with Gasteiger partial charge in [-0.25, -0.2) is 13.2 Å². The molecule has 1 aromatic carbocycles. The zero-order chi connectivity index (χ0) is 22.1. The van der Waals surface area contributed by atoms with Gasteiger partial charge < -0.3 is 9.64 Å². The number of aryl methyl sites for hydroxylation is 2. The molecule has 158 valence electrons. The van der Waals surface area contributed by atoms with Crippen molar-refractivity contribution >= 4 is 21.8 Å². The van der Waals surface area contributed by atoms with Gasteiger partial charge >= 0.3 is 5.97 Å². The van der Waals surface area contributed by atoms with Crippen LogP contribution in [0.15, 0.2) is 23.1 Å². The molecule has 2 heterocycles. The van der Waals surface area contributed by atoms with E-state index < -0.39 is 16.0 Å². The topological polar surface area (TPSA) is 116 Å². The van der Waals surface area contributed by atoms with E-state index in [0.29, 0.717) is 35.7 Å². The van der Waals surface area contributed by atoms with E-state index in [2.05, 4.69) is 16.3 Å². The molecule has 0 bridgehead atoms. The second-order valence-corrected chi connectivity index (χ2v) is 8.99. The Labute approximate surface area is 175 Å². The number of nitrogens with zero attached hydrogens (tertiary/aromatic N) is 5. The number of carbonyl (C=O) groups is 1. The Bertz CT molecular complexity index is 1130. The van der Waals surface area contributed by atoms with Crippen molar-refractivity contribution in [2.75, 3.05) is 38.2 Å². The van der Waals surface area contributed by atoms with Crippen molar-refractivity contribution in [3.05, 3.63) is 46.1 Å². The van der Waals surface area contributed by atoms with Crippen LogP contribution in [0, 0.1) is 32.1 Å². The van der Waals surface area contributed by atoms with Gasteiger partial charge in [0.25, 0.3) is 0 Å². The summed E-state index contributed by atoms with van der Waals surface area (Å²) in [5, 5.41) is 17.8. The zero-order valence-corrected chi connectivity index (χ0v) is 18.2. The van der Waals surface area contributed by atoms with Crippen molar-refractivity contribution in [3.63, 3.8) is 0 Å². The summed E-state index contributed by atoms with van der Waals surface area (Å²) >= 11 is 0. The lowest BCUT2D eigenvalue weighted by molar-refractivity contribution is 0.0600. The normalized spacial score (nSPS) is 15.0. The first-order chi connectivity index (χ1) is 14.2. The second kappa shape index (κ2) is 8.38. The lowest BCUT2D eigenvalue weighted by atomic mass is 10.1. The summed E-state index contributed by atoms with van der Waals surface area (Å²) < 4.78 is 32.5. The van der Waals surface area contributed by atoms with Crippen molar-refractivity contribution in [3.8, 4) is 6.07 Å². The molecule has 0 radical (unpaired) electrons. The zero-order valence-electron chi connectivity index (χ0n) is 17.3. The van der Waals surface area contributed by atoms with E-state index in [1.807, 2.05) is 11.8 Å². The van der Waals surface area contributed by atoms with E-state index in [0.717, 1.165) is 5.56 Å². The van der Waals surface area contributed by atoms with Gasteiger partial charge in [-0.05, 0) is 44.0 Å². The Kier molecular flexibility index (Phi) is 6.05. The number of nitriles is 1. The van der Waals surface area contributed by atoms with Crippen LogP contribution >= 0.6 is 0 Å². The number of benzene rings is 1. The number of methoxy groups -OCH3 is 1. The summed E-state index contributed by atoms with van der Waals surface area (Å²) in [4.78, 5) is 13.8. The number of ether oxygens (including phenoxy) is 1. The van der Waals surface area contributed by atoms with Crippen molar-refractivity contribution in [2.45, 2.75) is 25.7 Å². The van der Waals surface area contributed by atoms with Crippen LogP contribution < -0.4 is 4.90 Å². The maximum atomic E-state index is 13.2. The molecule has 3 rings (SSSR count). The standard InChI is InChI=1S/C20H23N5O4S/c1-13-5-6-16(20(26)29-4)11-18(13)30(27,28)25-9-7-24(8-10-25)19-17(12-21)14(2)15(3)22-23-19/h5-6,11H,7-10H2,1-4H3. The Hall–Kier alpha value is -3.03. The fourth-order valence-electron chi connectivity index (χ4n) is 3.35. The maximum Gasteiger partial charge on any atom is 0.337 e. The number of sulfonamides is 1. The van der Waals surface area contributed by atoms with Crippen LogP contribution in [0.25, 0.3) is 0 Å². The van der Waals surface area contributed by atoms with Gasteiger partial charge in [0, 0.05) is 26.2 Å². The van der Waals surface area contributed by atoms with Gasteiger partial charge in [0.2, 0.25) is 10.0 Å². The summed E-state index contributed by atoms with van der Waals surface area (Å²) in [5.74, 6) is -0.116. The third-order valence-electron chi connectivity index (χ3n) is 5.31. The first kappa shape index (κ1) is 21.7. The molecule has 1 saturated heterocycles. The molecule has 0 aliphatic carbocycles. The summed E-state index contributed by atoms with van der Waals surface area (Å²) in [6.07, 6.45) is 0. The average molecular weight is 430 g/mol. The lowest BCUT2D eigenvalue weighted by Crippen LogP contribution is -2.49. The molecule has 30 heavy (non-hydrogen) atoms. The fraction of sp³-hybridized carbons (Fsp3) is 0.400. The number of carbonyl (C=O) groups excluding carboxylic acids is 1. The molecule has 9 nitrogen and oxygen atoms in total. The number of esters is 1. The maximum absolute atomic E-state index is 13.2. The average Bonchev–Trinajstić information content (AvgIpc) is 2.75. The Morgan fingerprint density at radius 1 is 1.13 bits per heavy atom. The quantitative estimate of drug-likeness (QED) is 0.673. The van der Waals surface area contributed by atoms with E-state index in [1.165, 1.54) is 17.5 Å². The molecule has 1 fully saturated rings. The molecule has 0 unspecified atom stereocenters. The van der Waals surface area contributed by atoms with Gasteiger partial charge in [-0.1, -0.05) is 6.07 Å². The second-order valence-electron chi connectivity index (χ2n) is 7.08. The molecule has 10 heteroatoms. The van der Waals surface area contributed by atoms with Gasteiger partial charge in [-0.2, -0.15) is 14.7 Å². The van der Waals surface area contributed by atoms with Crippen LogP contribution in [-0.2, 0) is 14.8 Å². The molecule has 0 amide bonds. The minimum atomic E-state index is -3.80. The summed E-state index contributed by atoms with van der Waals surface area (Å²) in [5.41, 5.74) is 2.66. The number of hydrogen-bond donors (Lipinski definition) is 0. The van der Waals surface area contributed by atoms with Crippen molar-refractivity contribution in [1.82, 2.24) is 14.5 Å². The Morgan fingerprint density at radius 2 is 1.80 bits per heavy atom. The van der Waals surface area contributed by atoms with E-state index in [4.69, 9.17) is 4.74 Å². The summed E-state index contributed by atoms with van der Waals surface area (Å²) in [7, 11) is -2.54. The molecule has 0 atom stereocenters. The molecule has 1 aliphatic rings. The monoisotopic (exact) mass is 429 g/mol. The fourth-order valence-corrected chi connectivity index (χ4v) is 5.03. The van der Waals surface area contributed by atoms with Gasteiger partial charge in [-0.3, -0.25) is 0 Å². The van der Waals surface area contributed by atoms with Crippen LogP contribution in [0.3, 0.4) is 0 Å². The van der Waals surface area contributed by atoms with Crippen molar-refractivity contribution in [2.24, 2.45) is 0 Å². The molecular weight excluding hydrogens is 406 g/mol. The Balaban J connectivity index is 1.84. The highest BCUT2D eigenvalue weighted by Crippen LogP contribution is 2.26. The highest BCUT2D eigenvalue weighted by molar-refractivity contribution is 7.89. The minimum absolute atomic E-state index is 0.0857. The number of hydrogen-bond acceptors (Lipinski definition) is 8. The lowest BCUT2D eigenvalue weighted by Gasteiger charge is -2.35. The Morgan fingerprint density at radius 3 is 2.40 bits per heavy atom. The van der Waals surface area contributed by atoms with Gasteiger partial charge in [0.15, 0.2) is 5.82 Å². The SMILES string of the molecule is COC(=O)c1ccc(C)c(S(=O)(=O)N2CCN(c3nnc(C)c(C)c3C#N)CC2)c1. The first-order valence-corrected chi connectivity index (χ1v) is 10.8. The van der Waals surface area contributed by atoms with Gasteiger partial charge in [-0.15, -0.1) is 5.10 Å². The van der Waals surface area contributed by atoms with Crippen LogP contribution in [0.5, 0.6) is 0 Å². The van der Waals surface area contributed by atoms with Crippen LogP contribution in [-0.4, -0.2) is 62.2 Å².